The van der Waals surface area contributed by atoms with Crippen LogP contribution in [0, 0.1) is 5.41 Å². The predicted octanol–water partition coefficient (Wildman–Crippen LogP) is 1.64. The number of carbonyl (C=O) groups is 2. The van der Waals surface area contributed by atoms with Gasteiger partial charge in [-0.1, -0.05) is 12.1 Å². The van der Waals surface area contributed by atoms with Crippen molar-refractivity contribution in [1.29, 1.82) is 0 Å². The highest BCUT2D eigenvalue weighted by Gasteiger charge is 2.34. The number of hydrogen-bond acceptors (Lipinski definition) is 3. The molecule has 1 fully saturated rings. The van der Waals surface area contributed by atoms with Crippen LogP contribution in [-0.4, -0.2) is 30.1 Å². The van der Waals surface area contributed by atoms with Crippen LogP contribution in [-0.2, 0) is 16.0 Å². The molecule has 2 rings (SSSR count). The van der Waals surface area contributed by atoms with E-state index in [-0.39, 0.29) is 12.3 Å². The van der Waals surface area contributed by atoms with E-state index in [4.69, 9.17) is 5.11 Å². The lowest BCUT2D eigenvalue weighted by Crippen LogP contribution is -2.46. The van der Waals surface area contributed by atoms with Crippen molar-refractivity contribution >= 4 is 17.6 Å². The van der Waals surface area contributed by atoms with Crippen LogP contribution < -0.4 is 10.6 Å². The van der Waals surface area contributed by atoms with Crippen LogP contribution in [0.5, 0.6) is 0 Å². The normalized spacial score (nSPS) is 22.2. The van der Waals surface area contributed by atoms with Gasteiger partial charge in [0.1, 0.15) is 0 Å². The summed E-state index contributed by atoms with van der Waals surface area (Å²) in [4.78, 5) is 23.1. The molecule has 0 aliphatic carbocycles. The highest BCUT2D eigenvalue weighted by Crippen LogP contribution is 2.27. The summed E-state index contributed by atoms with van der Waals surface area (Å²) >= 11 is 0. The quantitative estimate of drug-likeness (QED) is 0.781. The van der Waals surface area contributed by atoms with E-state index >= 15 is 0 Å². The number of aliphatic carboxylic acids is 1. The highest BCUT2D eigenvalue weighted by molar-refractivity contribution is 5.95. The number of anilines is 1. The van der Waals surface area contributed by atoms with Crippen molar-refractivity contribution in [3.63, 3.8) is 0 Å². The molecule has 0 radical (unpaired) electrons. The molecule has 5 heteroatoms. The third kappa shape index (κ3) is 3.57. The Kier molecular flexibility index (Phi) is 4.39. The number of carboxylic acid groups (broad SMARTS) is 1. The first kappa shape index (κ1) is 14.5. The molecule has 0 spiro atoms. The molecule has 20 heavy (non-hydrogen) atoms. The van der Waals surface area contributed by atoms with Gasteiger partial charge < -0.3 is 15.7 Å². The van der Waals surface area contributed by atoms with Crippen molar-refractivity contribution in [3.05, 3.63) is 29.8 Å². The average Bonchev–Trinajstić information content (AvgIpc) is 2.39. The number of amides is 1. The fourth-order valence-electron chi connectivity index (χ4n) is 2.47. The second-order valence-corrected chi connectivity index (χ2v) is 5.57. The maximum Gasteiger partial charge on any atom is 0.307 e. The number of hydrogen-bond donors (Lipinski definition) is 3. The van der Waals surface area contributed by atoms with Crippen LogP contribution in [0.25, 0.3) is 0 Å². The minimum absolute atomic E-state index is 0.0165. The predicted molar refractivity (Wildman–Crippen MR) is 76.6 cm³/mol. The van der Waals surface area contributed by atoms with E-state index in [0.717, 1.165) is 19.4 Å². The van der Waals surface area contributed by atoms with Gasteiger partial charge in [0, 0.05) is 12.2 Å². The Balaban J connectivity index is 2.05. The molecule has 0 bridgehead atoms. The zero-order valence-corrected chi connectivity index (χ0v) is 11.6. The zero-order valence-electron chi connectivity index (χ0n) is 11.6. The molecule has 1 saturated heterocycles. The molecule has 1 atom stereocenters. The fourth-order valence-corrected chi connectivity index (χ4v) is 2.47. The Hall–Kier alpha value is -1.88. The second kappa shape index (κ2) is 6.05. The van der Waals surface area contributed by atoms with E-state index in [1.54, 1.807) is 24.3 Å². The van der Waals surface area contributed by atoms with E-state index < -0.39 is 11.4 Å². The van der Waals surface area contributed by atoms with Crippen LogP contribution in [0.4, 0.5) is 5.69 Å². The van der Waals surface area contributed by atoms with Crippen LogP contribution >= 0.6 is 0 Å². The van der Waals surface area contributed by atoms with Crippen molar-refractivity contribution in [2.45, 2.75) is 26.2 Å². The Morgan fingerprint density at radius 3 is 2.90 bits per heavy atom. The van der Waals surface area contributed by atoms with E-state index in [2.05, 4.69) is 10.6 Å². The minimum atomic E-state index is -0.878. The van der Waals surface area contributed by atoms with Gasteiger partial charge in [-0.05, 0) is 44.0 Å². The maximum atomic E-state index is 12.4. The van der Waals surface area contributed by atoms with Crippen molar-refractivity contribution in [1.82, 2.24) is 5.32 Å². The average molecular weight is 276 g/mol. The standard InChI is InChI=1S/C15H20N2O3/c1-15(6-3-7-16-10-15)14(20)17-12-5-2-4-11(8-12)9-13(18)19/h2,4-5,8,16H,3,6-7,9-10H2,1H3,(H,17,20)(H,18,19). The van der Waals surface area contributed by atoms with Gasteiger partial charge >= 0.3 is 5.97 Å². The second-order valence-electron chi connectivity index (χ2n) is 5.57. The van der Waals surface area contributed by atoms with Crippen molar-refractivity contribution in [2.75, 3.05) is 18.4 Å². The van der Waals surface area contributed by atoms with Crippen LogP contribution in [0.3, 0.4) is 0 Å². The van der Waals surface area contributed by atoms with Crippen molar-refractivity contribution in [3.8, 4) is 0 Å². The summed E-state index contributed by atoms with van der Waals surface area (Å²) in [6.45, 7) is 3.58. The van der Waals surface area contributed by atoms with E-state index in [0.29, 0.717) is 17.8 Å². The molecule has 1 unspecified atom stereocenters. The molecule has 1 aliphatic heterocycles. The van der Waals surface area contributed by atoms with E-state index in [1.807, 2.05) is 6.92 Å². The summed E-state index contributed by atoms with van der Waals surface area (Å²) in [5.74, 6) is -0.894. The molecule has 1 heterocycles. The van der Waals surface area contributed by atoms with Crippen LogP contribution in [0.1, 0.15) is 25.3 Å². The molecule has 108 valence electrons. The topological polar surface area (TPSA) is 78.4 Å². The number of carboxylic acids is 1. The smallest absolute Gasteiger partial charge is 0.307 e. The number of piperidine rings is 1. The first-order valence-corrected chi connectivity index (χ1v) is 6.82. The number of benzene rings is 1. The van der Waals surface area contributed by atoms with Gasteiger partial charge in [0.2, 0.25) is 5.91 Å². The Labute approximate surface area is 118 Å². The number of nitrogens with one attached hydrogen (secondary N) is 2. The van der Waals surface area contributed by atoms with Gasteiger partial charge in [-0.15, -0.1) is 0 Å². The Morgan fingerprint density at radius 1 is 1.45 bits per heavy atom. The van der Waals surface area contributed by atoms with Crippen LogP contribution in [0.15, 0.2) is 24.3 Å². The third-order valence-corrected chi connectivity index (χ3v) is 3.69. The number of rotatable bonds is 4. The molecule has 0 aromatic heterocycles. The largest absolute Gasteiger partial charge is 0.481 e. The Morgan fingerprint density at radius 2 is 2.25 bits per heavy atom. The summed E-state index contributed by atoms with van der Waals surface area (Å²) in [6, 6.07) is 7.00. The summed E-state index contributed by atoms with van der Waals surface area (Å²) in [6.07, 6.45) is 1.81. The molecule has 1 aromatic carbocycles. The zero-order chi connectivity index (χ0) is 14.6. The van der Waals surface area contributed by atoms with Gasteiger partial charge in [0.15, 0.2) is 0 Å². The van der Waals surface area contributed by atoms with Gasteiger partial charge in [-0.25, -0.2) is 0 Å². The van der Waals surface area contributed by atoms with Gasteiger partial charge in [0.25, 0.3) is 0 Å². The molecular weight excluding hydrogens is 256 g/mol. The SMILES string of the molecule is CC1(C(=O)Nc2cccc(CC(=O)O)c2)CCCNC1. The fraction of sp³-hybridized carbons (Fsp3) is 0.467. The first-order chi connectivity index (χ1) is 9.49. The molecule has 3 N–H and O–H groups in total. The van der Waals surface area contributed by atoms with Crippen molar-refractivity contribution < 1.29 is 14.7 Å². The van der Waals surface area contributed by atoms with E-state index in [1.165, 1.54) is 0 Å². The molecule has 0 saturated carbocycles. The van der Waals surface area contributed by atoms with E-state index in [9.17, 15) is 9.59 Å². The monoisotopic (exact) mass is 276 g/mol. The van der Waals surface area contributed by atoms with Crippen molar-refractivity contribution in [2.24, 2.45) is 5.41 Å². The lowest BCUT2D eigenvalue weighted by atomic mass is 9.82. The van der Waals surface area contributed by atoms with Gasteiger partial charge in [0.05, 0.1) is 11.8 Å². The minimum Gasteiger partial charge on any atom is -0.481 e. The molecule has 1 aromatic rings. The van der Waals surface area contributed by atoms with Gasteiger partial charge in [-0.2, -0.15) is 0 Å². The van der Waals surface area contributed by atoms with Gasteiger partial charge in [-0.3, -0.25) is 9.59 Å². The maximum absolute atomic E-state index is 12.4. The lowest BCUT2D eigenvalue weighted by Gasteiger charge is -2.32. The molecular formula is C15H20N2O3. The summed E-state index contributed by atoms with van der Waals surface area (Å²) in [7, 11) is 0. The highest BCUT2D eigenvalue weighted by atomic mass is 16.4. The Bertz CT molecular complexity index is 508. The first-order valence-electron chi connectivity index (χ1n) is 6.82. The summed E-state index contributed by atoms with van der Waals surface area (Å²) in [5.41, 5.74) is 0.934. The number of carbonyl (C=O) groups excluding carboxylic acids is 1. The molecule has 1 aliphatic rings. The summed E-state index contributed by atoms with van der Waals surface area (Å²) < 4.78 is 0. The summed E-state index contributed by atoms with van der Waals surface area (Å²) in [5, 5.41) is 14.9. The molecule has 5 nitrogen and oxygen atoms in total. The lowest BCUT2D eigenvalue weighted by molar-refractivity contribution is -0.136. The third-order valence-electron chi connectivity index (χ3n) is 3.69. The molecule has 1 amide bonds. The van der Waals surface area contributed by atoms with Crippen LogP contribution in [0.2, 0.25) is 0 Å².